The van der Waals surface area contributed by atoms with Crippen LogP contribution >= 0.6 is 28.1 Å². The van der Waals surface area contributed by atoms with Gasteiger partial charge in [-0.3, -0.25) is 0 Å². The number of benzene rings is 1. The van der Waals surface area contributed by atoms with E-state index in [1.54, 1.807) is 0 Å². The van der Waals surface area contributed by atoms with Gasteiger partial charge in [0, 0.05) is 22.3 Å². The summed E-state index contributed by atoms with van der Waals surface area (Å²) in [5, 5.41) is 3.37. The minimum atomic E-state index is 0.430. The summed E-state index contributed by atoms with van der Waals surface area (Å²) in [6, 6.07) is 5.89. The molecule has 0 aromatic heterocycles. The lowest BCUT2D eigenvalue weighted by Crippen LogP contribution is -2.14. The molecule has 1 aromatic rings. The molecular formula is C12H17BrN2S. The fourth-order valence-electron chi connectivity index (χ4n) is 1.37. The first kappa shape index (κ1) is 13.5. The molecule has 88 valence electrons. The van der Waals surface area contributed by atoms with Crippen LogP contribution in [0.5, 0.6) is 0 Å². The zero-order valence-corrected chi connectivity index (χ0v) is 12.0. The van der Waals surface area contributed by atoms with Crippen LogP contribution in [0.4, 0.5) is 5.69 Å². The molecule has 0 atom stereocenters. The van der Waals surface area contributed by atoms with Gasteiger partial charge in [0.1, 0.15) is 4.99 Å². The Hall–Kier alpha value is -0.610. The molecule has 0 saturated heterocycles. The maximum atomic E-state index is 5.67. The van der Waals surface area contributed by atoms with Crippen LogP contribution in [-0.2, 0) is 0 Å². The maximum Gasteiger partial charge on any atom is 0.106 e. The molecule has 0 bridgehead atoms. The predicted octanol–water partition coefficient (Wildman–Crippen LogP) is 3.54. The Morgan fingerprint density at radius 1 is 1.50 bits per heavy atom. The van der Waals surface area contributed by atoms with E-state index in [0.717, 1.165) is 28.7 Å². The Morgan fingerprint density at radius 2 is 2.19 bits per heavy atom. The number of thiocarbonyl (C=S) groups is 1. The molecule has 0 spiro atoms. The number of rotatable bonds is 5. The van der Waals surface area contributed by atoms with Crippen LogP contribution in [-0.4, -0.2) is 11.5 Å². The third kappa shape index (κ3) is 4.10. The van der Waals surface area contributed by atoms with Crippen molar-refractivity contribution in [3.8, 4) is 0 Å². The van der Waals surface area contributed by atoms with Crippen molar-refractivity contribution in [3.05, 3.63) is 28.2 Å². The molecule has 2 nitrogen and oxygen atoms in total. The van der Waals surface area contributed by atoms with E-state index in [1.165, 1.54) is 0 Å². The van der Waals surface area contributed by atoms with Crippen molar-refractivity contribution < 1.29 is 0 Å². The summed E-state index contributed by atoms with van der Waals surface area (Å²) in [6.07, 6.45) is 1.13. The summed E-state index contributed by atoms with van der Waals surface area (Å²) < 4.78 is 1.03. The van der Waals surface area contributed by atoms with Crippen LogP contribution < -0.4 is 11.1 Å². The maximum absolute atomic E-state index is 5.67. The number of nitrogens with one attached hydrogen (secondary N) is 1. The highest BCUT2D eigenvalue weighted by atomic mass is 79.9. The third-order valence-electron chi connectivity index (χ3n) is 2.28. The van der Waals surface area contributed by atoms with Crippen LogP contribution in [0.2, 0.25) is 0 Å². The Morgan fingerprint density at radius 3 is 2.75 bits per heavy atom. The molecule has 0 fully saturated rings. The quantitative estimate of drug-likeness (QED) is 0.817. The van der Waals surface area contributed by atoms with Crippen LogP contribution in [0.3, 0.4) is 0 Å². The summed E-state index contributed by atoms with van der Waals surface area (Å²) in [6.45, 7) is 5.35. The molecule has 1 aromatic carbocycles. The standard InChI is InChI=1S/C12H17BrN2S/c1-8(2)5-6-15-11-7-9(13)3-4-10(11)12(14)16/h3-4,7-8,15H,5-6H2,1-2H3,(H2,14,16). The molecule has 0 aliphatic heterocycles. The monoisotopic (exact) mass is 300 g/mol. The molecule has 0 heterocycles. The van der Waals surface area contributed by atoms with Gasteiger partial charge >= 0.3 is 0 Å². The van der Waals surface area contributed by atoms with Gasteiger partial charge in [-0.25, -0.2) is 0 Å². The molecular weight excluding hydrogens is 284 g/mol. The largest absolute Gasteiger partial charge is 0.389 e. The molecule has 0 unspecified atom stereocenters. The fraction of sp³-hybridized carbons (Fsp3) is 0.417. The van der Waals surface area contributed by atoms with Crippen LogP contribution in [0.25, 0.3) is 0 Å². The van der Waals surface area contributed by atoms with Gasteiger partial charge in [-0.15, -0.1) is 0 Å². The molecule has 0 aliphatic rings. The van der Waals surface area contributed by atoms with Crippen molar-refractivity contribution in [2.75, 3.05) is 11.9 Å². The molecule has 1 rings (SSSR count). The predicted molar refractivity (Wildman–Crippen MR) is 78.0 cm³/mol. The van der Waals surface area contributed by atoms with Gasteiger partial charge in [0.2, 0.25) is 0 Å². The summed E-state index contributed by atoms with van der Waals surface area (Å²) in [5.74, 6) is 0.688. The average Bonchev–Trinajstić information content (AvgIpc) is 2.16. The molecule has 0 amide bonds. The Balaban J connectivity index is 2.76. The number of anilines is 1. The third-order valence-corrected chi connectivity index (χ3v) is 3.00. The van der Waals surface area contributed by atoms with E-state index < -0.39 is 0 Å². The highest BCUT2D eigenvalue weighted by molar-refractivity contribution is 9.10. The first-order valence-corrected chi connectivity index (χ1v) is 6.54. The second-order valence-electron chi connectivity index (χ2n) is 4.16. The first-order chi connectivity index (χ1) is 7.50. The lowest BCUT2D eigenvalue weighted by molar-refractivity contribution is 0.607. The topological polar surface area (TPSA) is 38.0 Å². The molecule has 0 saturated carbocycles. The highest BCUT2D eigenvalue weighted by Gasteiger charge is 2.05. The molecule has 0 radical (unpaired) electrons. The van der Waals surface area contributed by atoms with Gasteiger partial charge in [-0.2, -0.15) is 0 Å². The summed E-state index contributed by atoms with van der Waals surface area (Å²) in [7, 11) is 0. The average molecular weight is 301 g/mol. The number of hydrogen-bond donors (Lipinski definition) is 2. The Bertz CT molecular complexity index is 377. The second kappa shape index (κ2) is 6.21. The van der Waals surface area contributed by atoms with Crippen molar-refractivity contribution in [2.24, 2.45) is 11.7 Å². The van der Waals surface area contributed by atoms with E-state index in [4.69, 9.17) is 18.0 Å². The van der Waals surface area contributed by atoms with Crippen molar-refractivity contribution in [1.82, 2.24) is 0 Å². The summed E-state index contributed by atoms with van der Waals surface area (Å²) in [4.78, 5) is 0.430. The lowest BCUT2D eigenvalue weighted by Gasteiger charge is -2.12. The normalized spacial score (nSPS) is 10.5. The van der Waals surface area contributed by atoms with E-state index in [1.807, 2.05) is 18.2 Å². The van der Waals surface area contributed by atoms with Crippen molar-refractivity contribution >= 4 is 38.8 Å². The van der Waals surface area contributed by atoms with Gasteiger partial charge in [0.05, 0.1) is 0 Å². The first-order valence-electron chi connectivity index (χ1n) is 5.34. The van der Waals surface area contributed by atoms with E-state index in [-0.39, 0.29) is 0 Å². The molecule has 0 aliphatic carbocycles. The molecule has 3 N–H and O–H groups in total. The number of nitrogens with two attached hydrogens (primary N) is 1. The smallest absolute Gasteiger partial charge is 0.106 e. The van der Waals surface area contributed by atoms with Gasteiger partial charge < -0.3 is 11.1 Å². The minimum Gasteiger partial charge on any atom is -0.389 e. The van der Waals surface area contributed by atoms with Crippen LogP contribution in [0.15, 0.2) is 22.7 Å². The zero-order valence-electron chi connectivity index (χ0n) is 9.59. The van der Waals surface area contributed by atoms with Gasteiger partial charge in [-0.1, -0.05) is 42.0 Å². The lowest BCUT2D eigenvalue weighted by atomic mass is 10.1. The van der Waals surface area contributed by atoms with Crippen molar-refractivity contribution in [3.63, 3.8) is 0 Å². The Labute approximate surface area is 111 Å². The molecule has 16 heavy (non-hydrogen) atoms. The highest BCUT2D eigenvalue weighted by Crippen LogP contribution is 2.21. The number of halogens is 1. The van der Waals surface area contributed by atoms with Crippen LogP contribution in [0, 0.1) is 5.92 Å². The van der Waals surface area contributed by atoms with Gasteiger partial charge in [0.15, 0.2) is 0 Å². The Kier molecular flexibility index (Phi) is 5.22. The van der Waals surface area contributed by atoms with E-state index in [0.29, 0.717) is 10.9 Å². The zero-order chi connectivity index (χ0) is 12.1. The van der Waals surface area contributed by atoms with E-state index in [2.05, 4.69) is 35.1 Å². The van der Waals surface area contributed by atoms with Crippen molar-refractivity contribution in [2.45, 2.75) is 20.3 Å². The molecule has 4 heteroatoms. The second-order valence-corrected chi connectivity index (χ2v) is 5.52. The number of hydrogen-bond acceptors (Lipinski definition) is 2. The van der Waals surface area contributed by atoms with E-state index in [9.17, 15) is 0 Å². The minimum absolute atomic E-state index is 0.430. The van der Waals surface area contributed by atoms with Gasteiger partial charge in [0.25, 0.3) is 0 Å². The van der Waals surface area contributed by atoms with E-state index >= 15 is 0 Å². The summed E-state index contributed by atoms with van der Waals surface area (Å²) >= 11 is 8.46. The van der Waals surface area contributed by atoms with Crippen molar-refractivity contribution in [1.29, 1.82) is 0 Å². The van der Waals surface area contributed by atoms with Crippen LogP contribution in [0.1, 0.15) is 25.8 Å². The summed E-state index contributed by atoms with van der Waals surface area (Å²) in [5.41, 5.74) is 7.58. The SMILES string of the molecule is CC(C)CCNc1cc(Br)ccc1C(N)=S. The fourth-order valence-corrected chi connectivity index (χ4v) is 1.91. The van der Waals surface area contributed by atoms with Gasteiger partial charge in [-0.05, 0) is 30.5 Å².